The number of para-hydroxylation sites is 2. The third kappa shape index (κ3) is 5.20. The molecule has 0 amide bonds. The van der Waals surface area contributed by atoms with Gasteiger partial charge in [-0.2, -0.15) is 0 Å². The van der Waals surface area contributed by atoms with Gasteiger partial charge >= 0.3 is 0 Å². The lowest BCUT2D eigenvalue weighted by atomic mass is 9.88. The van der Waals surface area contributed by atoms with Crippen molar-refractivity contribution < 1.29 is 0 Å². The lowest BCUT2D eigenvalue weighted by Gasteiger charge is -2.22. The van der Waals surface area contributed by atoms with Gasteiger partial charge in [-0.3, -0.25) is 0 Å². The lowest BCUT2D eigenvalue weighted by molar-refractivity contribution is 0.967. The zero-order chi connectivity index (χ0) is 39.9. The van der Waals surface area contributed by atoms with Crippen molar-refractivity contribution in [2.75, 3.05) is 0 Å². The van der Waals surface area contributed by atoms with E-state index in [1.807, 2.05) is 0 Å². The highest BCUT2D eigenvalue weighted by Crippen LogP contribution is 2.41. The maximum atomic E-state index is 2.55. The summed E-state index contributed by atoms with van der Waals surface area (Å²) in [5.74, 6) is 0. The number of hydrogen-bond acceptors (Lipinski definition) is 0. The van der Waals surface area contributed by atoms with Gasteiger partial charge < -0.3 is 9.13 Å². The van der Waals surface area contributed by atoms with Crippen molar-refractivity contribution in [3.8, 4) is 27.9 Å². The molecule has 0 fully saturated rings. The van der Waals surface area contributed by atoms with Crippen molar-refractivity contribution in [1.82, 2.24) is 9.13 Å². The number of benzene rings is 9. The summed E-state index contributed by atoms with van der Waals surface area (Å²) in [6.45, 7) is 4.40. The van der Waals surface area contributed by atoms with Crippen LogP contribution in [0.5, 0.6) is 0 Å². The largest absolute Gasteiger partial charge is 0.312 e. The molecule has 1 aliphatic carbocycles. The quantitative estimate of drug-likeness (QED) is 0.165. The molecule has 0 atom stereocenters. The summed E-state index contributed by atoms with van der Waals surface area (Å²) in [5.41, 5.74) is 17.9. The number of rotatable bonds is 5. The van der Waals surface area contributed by atoms with Crippen molar-refractivity contribution in [3.63, 3.8) is 0 Å². The zero-order valence-electron chi connectivity index (χ0n) is 33.8. The molecule has 0 unspecified atom stereocenters. The van der Waals surface area contributed by atoms with E-state index in [2.05, 4.69) is 217 Å². The Balaban J connectivity index is 1.07. The summed E-state index contributed by atoms with van der Waals surface area (Å²) in [6.07, 6.45) is 1.88. The van der Waals surface area contributed by atoms with Crippen molar-refractivity contribution in [3.05, 3.63) is 221 Å². The van der Waals surface area contributed by atoms with E-state index in [0.29, 0.717) is 0 Å². The molecule has 12 rings (SSSR count). The van der Waals surface area contributed by atoms with Crippen LogP contribution in [0.3, 0.4) is 0 Å². The van der Waals surface area contributed by atoms with Crippen LogP contribution in [-0.2, 0) is 0 Å². The van der Waals surface area contributed by atoms with Crippen LogP contribution in [0, 0.1) is 13.8 Å². The minimum Gasteiger partial charge on any atom is -0.312 e. The zero-order valence-corrected chi connectivity index (χ0v) is 33.8. The lowest BCUT2D eigenvalue weighted by Crippen LogP contribution is -2.34. The first-order chi connectivity index (χ1) is 29.6. The third-order valence-electron chi connectivity index (χ3n) is 13.2. The van der Waals surface area contributed by atoms with Crippen molar-refractivity contribution in [1.29, 1.82) is 0 Å². The molecule has 0 saturated carbocycles. The summed E-state index contributed by atoms with van der Waals surface area (Å²) in [6, 6.07) is 72.1. The van der Waals surface area contributed by atoms with Crippen LogP contribution in [-0.4, -0.2) is 9.13 Å². The molecule has 0 saturated heterocycles. The Morgan fingerprint density at radius 1 is 0.333 bits per heavy atom. The molecule has 0 N–H and O–H groups in total. The van der Waals surface area contributed by atoms with Crippen LogP contribution in [0.1, 0.15) is 29.5 Å². The molecule has 0 bridgehead atoms. The van der Waals surface area contributed by atoms with Gasteiger partial charge in [-0.15, -0.1) is 0 Å². The van der Waals surface area contributed by atoms with Gasteiger partial charge in [0, 0.05) is 37.8 Å². The fraction of sp³-hybridized carbons (Fsp3) is 0.0690. The van der Waals surface area contributed by atoms with Crippen LogP contribution < -0.4 is 10.4 Å². The normalized spacial score (nSPS) is 13.0. The number of hydrogen-bond donors (Lipinski definition) is 0. The standard InChI is InChI=1S/C58H42N2/c1-37-15-3-5-17-41(37)39-27-31-57-51(35-39)49-23-11-13-25-53(49)59(57)55-33-29-45(43-19-7-9-21-47(43)55)46-30-34-56(48-22-10-8-20-44(46)48)60-54-26-14-12-24-50(54)52-36-40(28-32-58(52)60)42-18-6-4-16-38(42)2/h3-29,31-33,35-36H,30,34H2,1-2H3. The van der Waals surface area contributed by atoms with E-state index in [0.717, 1.165) is 12.8 Å². The molecule has 11 aromatic rings. The highest BCUT2D eigenvalue weighted by molar-refractivity contribution is 6.13. The first kappa shape index (κ1) is 34.6. The third-order valence-corrected chi connectivity index (χ3v) is 13.2. The van der Waals surface area contributed by atoms with Gasteiger partial charge in [0.2, 0.25) is 0 Å². The molecule has 2 heteroatoms. The van der Waals surface area contributed by atoms with Gasteiger partial charge in [0.05, 0.1) is 27.8 Å². The van der Waals surface area contributed by atoms with Gasteiger partial charge in [0.1, 0.15) is 0 Å². The molecule has 0 spiro atoms. The van der Waals surface area contributed by atoms with E-state index in [9.17, 15) is 0 Å². The maximum Gasteiger partial charge on any atom is 0.0541 e. The Bertz CT molecular complexity index is 3690. The second kappa shape index (κ2) is 13.6. The molecule has 2 aromatic heterocycles. The van der Waals surface area contributed by atoms with Crippen LogP contribution in [0.2, 0.25) is 0 Å². The Morgan fingerprint density at radius 3 is 1.45 bits per heavy atom. The molecule has 0 radical (unpaired) electrons. The Morgan fingerprint density at radius 2 is 0.817 bits per heavy atom. The van der Waals surface area contributed by atoms with E-state index < -0.39 is 0 Å². The number of nitrogens with zero attached hydrogens (tertiary/aromatic N) is 2. The number of aromatic nitrogens is 2. The summed E-state index contributed by atoms with van der Waals surface area (Å²) >= 11 is 0. The summed E-state index contributed by atoms with van der Waals surface area (Å²) in [4.78, 5) is 0. The van der Waals surface area contributed by atoms with E-state index in [1.165, 1.54) is 121 Å². The average molecular weight is 767 g/mol. The van der Waals surface area contributed by atoms with Gasteiger partial charge in [-0.1, -0.05) is 152 Å². The Labute approximate surface area is 349 Å². The first-order valence-corrected chi connectivity index (χ1v) is 21.1. The van der Waals surface area contributed by atoms with Gasteiger partial charge in [-0.05, 0) is 124 Å². The van der Waals surface area contributed by atoms with Crippen LogP contribution in [0.25, 0.3) is 93.6 Å². The molecule has 2 nitrogen and oxygen atoms in total. The Hall–Kier alpha value is -7.42. The molecule has 1 aliphatic rings. The van der Waals surface area contributed by atoms with Crippen molar-refractivity contribution in [2.24, 2.45) is 0 Å². The van der Waals surface area contributed by atoms with Gasteiger partial charge in [-0.25, -0.2) is 0 Å². The molecule has 60 heavy (non-hydrogen) atoms. The molecule has 0 aliphatic heterocycles. The smallest absolute Gasteiger partial charge is 0.0541 e. The van der Waals surface area contributed by atoms with Crippen molar-refractivity contribution >= 4 is 65.7 Å². The topological polar surface area (TPSA) is 9.86 Å². The fourth-order valence-electron chi connectivity index (χ4n) is 10.4. The van der Waals surface area contributed by atoms with Crippen LogP contribution in [0.15, 0.2) is 194 Å². The maximum absolute atomic E-state index is 2.55. The highest BCUT2D eigenvalue weighted by Gasteiger charge is 2.22. The van der Waals surface area contributed by atoms with Crippen LogP contribution >= 0.6 is 0 Å². The average Bonchev–Trinajstić information content (AvgIpc) is 3.81. The molecule has 9 aromatic carbocycles. The second-order valence-electron chi connectivity index (χ2n) is 16.4. The van der Waals surface area contributed by atoms with Gasteiger partial charge in [0.25, 0.3) is 0 Å². The van der Waals surface area contributed by atoms with E-state index in [-0.39, 0.29) is 0 Å². The number of aryl methyl sites for hydroxylation is 2. The van der Waals surface area contributed by atoms with E-state index in [4.69, 9.17) is 0 Å². The SMILES string of the molecule is Cc1ccccc1-c1ccc2c(c1)c1ccccc1n2C1=c2ccccc2=C(c2ccc(-n3c4ccccc4c4cc(-c5ccccc5C)ccc43)c3ccccc23)CC1. The van der Waals surface area contributed by atoms with E-state index in [1.54, 1.807) is 0 Å². The predicted octanol–water partition coefficient (Wildman–Crippen LogP) is 13.6. The molecule has 2 heterocycles. The summed E-state index contributed by atoms with van der Waals surface area (Å²) in [7, 11) is 0. The minimum absolute atomic E-state index is 0.936. The summed E-state index contributed by atoms with van der Waals surface area (Å²) < 4.78 is 5.03. The highest BCUT2D eigenvalue weighted by atomic mass is 15.0. The first-order valence-electron chi connectivity index (χ1n) is 21.1. The predicted molar refractivity (Wildman–Crippen MR) is 254 cm³/mol. The summed E-state index contributed by atoms with van der Waals surface area (Å²) in [5, 5.41) is 10.3. The Kier molecular flexibility index (Phi) is 7.83. The fourth-order valence-corrected chi connectivity index (χ4v) is 10.4. The minimum atomic E-state index is 0.936. The van der Waals surface area contributed by atoms with Crippen molar-refractivity contribution in [2.45, 2.75) is 26.7 Å². The second-order valence-corrected chi connectivity index (χ2v) is 16.4. The molecule has 284 valence electrons. The monoisotopic (exact) mass is 766 g/mol. The molecular formula is C58H42N2. The molecular weight excluding hydrogens is 725 g/mol. The van der Waals surface area contributed by atoms with E-state index >= 15 is 0 Å². The van der Waals surface area contributed by atoms with Crippen LogP contribution in [0.4, 0.5) is 0 Å². The number of fused-ring (bicyclic) bond motifs is 8. The van der Waals surface area contributed by atoms with Gasteiger partial charge in [0.15, 0.2) is 0 Å².